The third kappa shape index (κ3) is 3.44. The molecular formula is C25H20N4O2. The number of fused-ring (bicyclic) bond motifs is 1. The first-order valence-corrected chi connectivity index (χ1v) is 9.90. The van der Waals surface area contributed by atoms with Crippen molar-refractivity contribution in [2.45, 2.75) is 6.92 Å². The van der Waals surface area contributed by atoms with E-state index in [1.54, 1.807) is 4.68 Å². The Morgan fingerprint density at radius 3 is 2.55 bits per heavy atom. The fourth-order valence-electron chi connectivity index (χ4n) is 3.57. The van der Waals surface area contributed by atoms with E-state index in [9.17, 15) is 4.79 Å². The zero-order valence-corrected chi connectivity index (χ0v) is 16.9. The Balaban J connectivity index is 1.44. The number of nitrogens with one attached hydrogen (secondary N) is 1. The summed E-state index contributed by atoms with van der Waals surface area (Å²) in [6.07, 6.45) is 1.51. The number of nitrogens with zero attached hydrogens (tertiary/aromatic N) is 2. The summed E-state index contributed by atoms with van der Waals surface area (Å²) in [6.45, 7) is 1.96. The number of rotatable bonds is 5. The van der Waals surface area contributed by atoms with E-state index in [-0.39, 0.29) is 5.78 Å². The number of aromatic nitrogens is 3. The van der Waals surface area contributed by atoms with Crippen LogP contribution in [-0.2, 0) is 0 Å². The molecule has 0 aliphatic rings. The highest BCUT2D eigenvalue weighted by molar-refractivity contribution is 6.12. The van der Waals surface area contributed by atoms with Crippen molar-refractivity contribution in [2.24, 2.45) is 0 Å². The van der Waals surface area contributed by atoms with Crippen molar-refractivity contribution < 1.29 is 9.53 Å². The quantitative estimate of drug-likeness (QED) is 0.388. The summed E-state index contributed by atoms with van der Waals surface area (Å²) >= 11 is 0. The van der Waals surface area contributed by atoms with Gasteiger partial charge in [-0.3, -0.25) is 4.79 Å². The van der Waals surface area contributed by atoms with E-state index in [2.05, 4.69) is 10.1 Å². The summed E-state index contributed by atoms with van der Waals surface area (Å²) in [5, 5.41) is 5.33. The predicted octanol–water partition coefficient (Wildman–Crippen LogP) is 5.27. The number of H-pyrrole nitrogens is 1. The van der Waals surface area contributed by atoms with Crippen molar-refractivity contribution >= 4 is 22.5 Å². The number of carbonyl (C=O) groups is 1. The van der Waals surface area contributed by atoms with Crippen LogP contribution >= 0.6 is 0 Å². The number of nitrogen functional groups attached to an aromatic ring is 1. The second kappa shape index (κ2) is 7.50. The van der Waals surface area contributed by atoms with Gasteiger partial charge in [-0.05, 0) is 55.0 Å². The van der Waals surface area contributed by atoms with Gasteiger partial charge in [0.15, 0.2) is 0 Å². The molecule has 2 aromatic heterocycles. The Hall–Kier alpha value is -4.32. The molecule has 0 spiro atoms. The fraction of sp³-hybridized carbons (Fsp3) is 0.0400. The third-order valence-corrected chi connectivity index (χ3v) is 5.20. The lowest BCUT2D eigenvalue weighted by Crippen LogP contribution is -2.07. The number of carbonyl (C=O) groups excluding carboxylic acids is 1. The van der Waals surface area contributed by atoms with E-state index in [0.29, 0.717) is 17.1 Å². The summed E-state index contributed by atoms with van der Waals surface area (Å²) < 4.78 is 7.51. The number of hydrogen-bond donors (Lipinski definition) is 2. The molecule has 0 unspecified atom stereocenters. The average molecular weight is 408 g/mol. The highest BCUT2D eigenvalue weighted by Crippen LogP contribution is 2.28. The number of anilines is 1. The summed E-state index contributed by atoms with van der Waals surface area (Å²) in [6, 6.07) is 24.8. The average Bonchev–Trinajstić information content (AvgIpc) is 3.39. The lowest BCUT2D eigenvalue weighted by atomic mass is 10.1. The molecule has 3 N–H and O–H groups in total. The maximum absolute atomic E-state index is 13.0. The molecule has 0 saturated heterocycles. The van der Waals surface area contributed by atoms with Crippen molar-refractivity contribution in [1.82, 2.24) is 14.8 Å². The molecule has 0 radical (unpaired) electrons. The Morgan fingerprint density at radius 2 is 1.77 bits per heavy atom. The van der Waals surface area contributed by atoms with Gasteiger partial charge in [-0.2, -0.15) is 5.10 Å². The molecular weight excluding hydrogens is 388 g/mol. The first-order chi connectivity index (χ1) is 15.1. The number of ether oxygens (including phenoxy) is 1. The number of aryl methyl sites for hydroxylation is 1. The number of ketones is 1. The van der Waals surface area contributed by atoms with Gasteiger partial charge in [0.05, 0.1) is 23.1 Å². The monoisotopic (exact) mass is 408 g/mol. The van der Waals surface area contributed by atoms with Crippen LogP contribution in [0.2, 0.25) is 0 Å². The van der Waals surface area contributed by atoms with Crippen LogP contribution in [0.4, 0.5) is 5.82 Å². The lowest BCUT2D eigenvalue weighted by Gasteiger charge is -2.11. The van der Waals surface area contributed by atoms with Crippen molar-refractivity contribution in [2.75, 3.05) is 5.73 Å². The molecule has 0 aliphatic heterocycles. The van der Waals surface area contributed by atoms with Gasteiger partial charge in [0.1, 0.15) is 17.3 Å². The zero-order chi connectivity index (χ0) is 21.4. The van der Waals surface area contributed by atoms with Crippen molar-refractivity contribution in [3.63, 3.8) is 0 Å². The molecule has 0 saturated carbocycles. The predicted molar refractivity (Wildman–Crippen MR) is 121 cm³/mol. The maximum atomic E-state index is 13.0. The van der Waals surface area contributed by atoms with Crippen LogP contribution in [0.5, 0.6) is 11.5 Å². The van der Waals surface area contributed by atoms with Gasteiger partial charge in [-0.15, -0.1) is 0 Å². The molecule has 0 amide bonds. The zero-order valence-electron chi connectivity index (χ0n) is 16.9. The Kier molecular flexibility index (Phi) is 4.52. The molecule has 6 heteroatoms. The number of nitrogens with two attached hydrogens (primary N) is 1. The molecule has 0 bridgehead atoms. The van der Waals surface area contributed by atoms with Gasteiger partial charge in [-0.1, -0.05) is 36.4 Å². The number of aromatic amines is 1. The summed E-state index contributed by atoms with van der Waals surface area (Å²) in [7, 11) is 0. The van der Waals surface area contributed by atoms with Gasteiger partial charge >= 0.3 is 0 Å². The first kappa shape index (κ1) is 18.7. The van der Waals surface area contributed by atoms with Gasteiger partial charge in [0.2, 0.25) is 5.78 Å². The molecule has 152 valence electrons. The number of hydrogen-bond acceptors (Lipinski definition) is 4. The molecule has 0 aliphatic carbocycles. The summed E-state index contributed by atoms with van der Waals surface area (Å²) in [5.74, 6) is 1.61. The molecule has 3 aromatic carbocycles. The minimum absolute atomic E-state index is 0.194. The van der Waals surface area contributed by atoms with Crippen LogP contribution in [0.15, 0.2) is 85.1 Å². The van der Waals surface area contributed by atoms with E-state index >= 15 is 0 Å². The van der Waals surface area contributed by atoms with Gasteiger partial charge in [0.25, 0.3) is 0 Å². The highest BCUT2D eigenvalue weighted by Gasteiger charge is 2.20. The SMILES string of the molecule is Cc1cc(-n2ncc(C(=O)c3cc4ccccc4[nH]3)c2N)ccc1Oc1ccccc1. The van der Waals surface area contributed by atoms with Crippen molar-refractivity contribution in [3.05, 3.63) is 102 Å². The molecule has 5 rings (SSSR count). The van der Waals surface area contributed by atoms with Crippen molar-refractivity contribution in [1.29, 1.82) is 0 Å². The third-order valence-electron chi connectivity index (χ3n) is 5.20. The second-order valence-corrected chi connectivity index (χ2v) is 7.32. The molecule has 31 heavy (non-hydrogen) atoms. The molecule has 0 atom stereocenters. The standard InChI is InChI=1S/C25H20N4O2/c1-16-13-18(11-12-23(16)31-19-8-3-2-4-9-19)29-25(26)20(15-27-29)24(30)22-14-17-7-5-6-10-21(17)28-22/h2-15,28H,26H2,1H3. The first-order valence-electron chi connectivity index (χ1n) is 9.90. The van der Waals surface area contributed by atoms with Gasteiger partial charge in [-0.25, -0.2) is 4.68 Å². The Labute approximate surface area is 178 Å². The Bertz CT molecular complexity index is 1370. The van der Waals surface area contributed by atoms with E-state index in [1.165, 1.54) is 6.20 Å². The fourth-order valence-corrected chi connectivity index (χ4v) is 3.57. The van der Waals surface area contributed by atoms with E-state index in [0.717, 1.165) is 33.7 Å². The van der Waals surface area contributed by atoms with Gasteiger partial charge in [0, 0.05) is 10.9 Å². The van der Waals surface area contributed by atoms with E-state index in [1.807, 2.05) is 85.8 Å². The van der Waals surface area contributed by atoms with Crippen LogP contribution in [-0.4, -0.2) is 20.5 Å². The van der Waals surface area contributed by atoms with Crippen LogP contribution in [0, 0.1) is 6.92 Å². The second-order valence-electron chi connectivity index (χ2n) is 7.32. The summed E-state index contributed by atoms with van der Waals surface area (Å²) in [4.78, 5) is 16.2. The summed E-state index contributed by atoms with van der Waals surface area (Å²) in [5.41, 5.74) is 9.74. The topological polar surface area (TPSA) is 85.9 Å². The van der Waals surface area contributed by atoms with Crippen molar-refractivity contribution in [3.8, 4) is 17.2 Å². The van der Waals surface area contributed by atoms with Crippen LogP contribution in [0.25, 0.3) is 16.6 Å². The highest BCUT2D eigenvalue weighted by atomic mass is 16.5. The maximum Gasteiger partial charge on any atom is 0.214 e. The number of para-hydroxylation sites is 2. The van der Waals surface area contributed by atoms with Crippen LogP contribution < -0.4 is 10.5 Å². The van der Waals surface area contributed by atoms with Gasteiger partial charge < -0.3 is 15.5 Å². The van der Waals surface area contributed by atoms with Crippen LogP contribution in [0.3, 0.4) is 0 Å². The lowest BCUT2D eigenvalue weighted by molar-refractivity contribution is 0.103. The Morgan fingerprint density at radius 1 is 1.00 bits per heavy atom. The molecule has 0 fully saturated rings. The normalized spacial score (nSPS) is 11.0. The molecule has 2 heterocycles. The molecule has 5 aromatic rings. The van der Waals surface area contributed by atoms with E-state index < -0.39 is 0 Å². The number of benzene rings is 3. The largest absolute Gasteiger partial charge is 0.457 e. The van der Waals surface area contributed by atoms with Crippen LogP contribution in [0.1, 0.15) is 21.6 Å². The molecule has 6 nitrogen and oxygen atoms in total. The smallest absolute Gasteiger partial charge is 0.214 e. The minimum Gasteiger partial charge on any atom is -0.457 e. The minimum atomic E-state index is -0.194. The van der Waals surface area contributed by atoms with E-state index in [4.69, 9.17) is 10.5 Å².